The number of esters is 1. The highest BCUT2D eigenvalue weighted by Crippen LogP contribution is 2.07. The van der Waals surface area contributed by atoms with Crippen molar-refractivity contribution in [2.24, 2.45) is 0 Å². The molecule has 0 spiro atoms. The number of nitrogens with one attached hydrogen (secondary N) is 1. The van der Waals surface area contributed by atoms with Gasteiger partial charge in [0.05, 0.1) is 11.6 Å². The van der Waals surface area contributed by atoms with Crippen LogP contribution in [0.2, 0.25) is 0 Å². The first-order chi connectivity index (χ1) is 10.8. The van der Waals surface area contributed by atoms with Crippen molar-refractivity contribution in [3.05, 3.63) is 35.4 Å². The molecule has 1 N–H and O–H groups in total. The van der Waals surface area contributed by atoms with Gasteiger partial charge >= 0.3 is 12.1 Å². The van der Waals surface area contributed by atoms with Crippen LogP contribution in [-0.4, -0.2) is 24.2 Å². The van der Waals surface area contributed by atoms with Crippen LogP contribution in [0.5, 0.6) is 0 Å². The van der Waals surface area contributed by atoms with Gasteiger partial charge in [0.1, 0.15) is 12.2 Å². The van der Waals surface area contributed by atoms with Gasteiger partial charge < -0.3 is 14.8 Å². The largest absolute Gasteiger partial charge is 0.461 e. The molecule has 6 nitrogen and oxygen atoms in total. The summed E-state index contributed by atoms with van der Waals surface area (Å²) in [4.78, 5) is 23.0. The van der Waals surface area contributed by atoms with E-state index >= 15 is 0 Å². The molecule has 23 heavy (non-hydrogen) atoms. The topological polar surface area (TPSA) is 88.4 Å². The van der Waals surface area contributed by atoms with E-state index in [2.05, 4.69) is 5.32 Å². The minimum absolute atomic E-state index is 0.171. The van der Waals surface area contributed by atoms with Crippen LogP contribution in [0.15, 0.2) is 24.3 Å². The maximum Gasteiger partial charge on any atom is 0.407 e. The number of ether oxygens (including phenoxy) is 2. The summed E-state index contributed by atoms with van der Waals surface area (Å²) in [5, 5.41) is 11.3. The Kier molecular flexibility index (Phi) is 7.07. The molecule has 1 aromatic carbocycles. The van der Waals surface area contributed by atoms with Crippen LogP contribution in [0.1, 0.15) is 44.7 Å². The average molecular weight is 318 g/mol. The lowest BCUT2D eigenvalue weighted by Crippen LogP contribution is -2.33. The summed E-state index contributed by atoms with van der Waals surface area (Å²) < 4.78 is 10.2. The van der Waals surface area contributed by atoms with E-state index in [1.165, 1.54) is 0 Å². The predicted molar refractivity (Wildman–Crippen MR) is 84.4 cm³/mol. The molecule has 0 fully saturated rings. The first kappa shape index (κ1) is 18.5. The molecule has 124 valence electrons. The van der Waals surface area contributed by atoms with E-state index in [-0.39, 0.29) is 19.0 Å². The predicted octanol–water partition coefficient (Wildman–Crippen LogP) is 2.91. The fourth-order valence-electron chi connectivity index (χ4n) is 1.65. The molecule has 0 heterocycles. The number of rotatable bonds is 6. The Morgan fingerprint density at radius 1 is 1.22 bits per heavy atom. The number of benzene rings is 1. The van der Waals surface area contributed by atoms with E-state index in [1.807, 2.05) is 6.07 Å². The molecule has 1 amide bonds. The number of hydrogen-bond acceptors (Lipinski definition) is 5. The second-order valence-corrected chi connectivity index (χ2v) is 6.00. The van der Waals surface area contributed by atoms with E-state index in [0.29, 0.717) is 18.5 Å². The molecule has 0 unspecified atom stereocenters. The molecular weight excluding hydrogens is 296 g/mol. The van der Waals surface area contributed by atoms with Crippen molar-refractivity contribution >= 4 is 12.1 Å². The van der Waals surface area contributed by atoms with Crippen molar-refractivity contribution in [2.45, 2.75) is 45.8 Å². The zero-order valence-electron chi connectivity index (χ0n) is 13.7. The summed E-state index contributed by atoms with van der Waals surface area (Å²) in [6.07, 6.45) is 0.195. The quantitative estimate of drug-likeness (QED) is 0.643. The minimum atomic E-state index is -0.538. The summed E-state index contributed by atoms with van der Waals surface area (Å²) in [7, 11) is 0. The van der Waals surface area contributed by atoms with Gasteiger partial charge in [-0.25, -0.2) is 4.79 Å². The molecular formula is C17H22N2O4. The van der Waals surface area contributed by atoms with E-state index in [1.54, 1.807) is 45.0 Å². The van der Waals surface area contributed by atoms with Crippen molar-refractivity contribution in [3.63, 3.8) is 0 Å². The van der Waals surface area contributed by atoms with Gasteiger partial charge in [-0.1, -0.05) is 12.1 Å². The van der Waals surface area contributed by atoms with Crippen molar-refractivity contribution in [3.8, 4) is 6.07 Å². The van der Waals surface area contributed by atoms with Gasteiger partial charge in [-0.3, -0.25) is 4.79 Å². The van der Waals surface area contributed by atoms with Crippen molar-refractivity contribution < 1.29 is 19.1 Å². The average Bonchev–Trinajstić information content (AvgIpc) is 2.48. The van der Waals surface area contributed by atoms with E-state index in [9.17, 15) is 9.59 Å². The summed E-state index contributed by atoms with van der Waals surface area (Å²) in [6.45, 7) is 5.87. The number of alkyl carbamates (subject to hydrolysis) is 1. The van der Waals surface area contributed by atoms with Gasteiger partial charge in [-0.15, -0.1) is 0 Å². The molecule has 0 atom stereocenters. The van der Waals surface area contributed by atoms with Crippen molar-refractivity contribution in [2.75, 3.05) is 6.54 Å². The zero-order valence-corrected chi connectivity index (χ0v) is 13.7. The molecule has 0 saturated heterocycles. The minimum Gasteiger partial charge on any atom is -0.461 e. The normalized spacial score (nSPS) is 10.5. The van der Waals surface area contributed by atoms with Crippen molar-refractivity contribution in [1.29, 1.82) is 5.26 Å². The maximum atomic E-state index is 11.6. The van der Waals surface area contributed by atoms with Gasteiger partial charge in [0.15, 0.2) is 0 Å². The summed E-state index contributed by atoms with van der Waals surface area (Å²) >= 11 is 0. The lowest BCUT2D eigenvalue weighted by molar-refractivity contribution is -0.145. The smallest absolute Gasteiger partial charge is 0.407 e. The van der Waals surface area contributed by atoms with Gasteiger partial charge in [0, 0.05) is 13.0 Å². The van der Waals surface area contributed by atoms with Crippen LogP contribution in [0.3, 0.4) is 0 Å². The van der Waals surface area contributed by atoms with E-state index in [0.717, 1.165) is 5.56 Å². The monoisotopic (exact) mass is 318 g/mol. The second kappa shape index (κ2) is 8.79. The SMILES string of the molecule is CC(C)(C)OC(=O)NCCCC(=O)OCc1ccc(C#N)cc1. The third-order valence-electron chi connectivity index (χ3n) is 2.71. The first-order valence-corrected chi connectivity index (χ1v) is 7.41. The number of amides is 1. The third kappa shape index (κ3) is 8.47. The molecule has 0 aliphatic rings. The molecule has 0 bridgehead atoms. The molecule has 0 saturated carbocycles. The van der Waals surface area contributed by atoms with E-state index in [4.69, 9.17) is 14.7 Å². The first-order valence-electron chi connectivity index (χ1n) is 7.41. The van der Waals surface area contributed by atoms with Crippen LogP contribution in [0, 0.1) is 11.3 Å². The summed E-state index contributed by atoms with van der Waals surface area (Å²) in [6, 6.07) is 8.86. The molecule has 6 heteroatoms. The van der Waals surface area contributed by atoms with Crippen LogP contribution >= 0.6 is 0 Å². The standard InChI is InChI=1S/C17H22N2O4/c1-17(2,3)23-16(21)19-10-4-5-15(20)22-12-14-8-6-13(11-18)7-9-14/h6-9H,4-5,10,12H2,1-3H3,(H,19,21). The molecule has 0 aliphatic carbocycles. The Morgan fingerprint density at radius 2 is 1.87 bits per heavy atom. The second-order valence-electron chi connectivity index (χ2n) is 6.00. The van der Waals surface area contributed by atoms with Crippen molar-refractivity contribution in [1.82, 2.24) is 5.32 Å². The lowest BCUT2D eigenvalue weighted by Gasteiger charge is -2.19. The highest BCUT2D eigenvalue weighted by Gasteiger charge is 2.15. The van der Waals surface area contributed by atoms with Crippen LogP contribution in [0.4, 0.5) is 4.79 Å². The molecule has 0 radical (unpaired) electrons. The van der Waals surface area contributed by atoms with Gasteiger partial charge in [-0.2, -0.15) is 5.26 Å². The van der Waals surface area contributed by atoms with E-state index < -0.39 is 11.7 Å². The highest BCUT2D eigenvalue weighted by atomic mass is 16.6. The fraction of sp³-hybridized carbons (Fsp3) is 0.471. The Morgan fingerprint density at radius 3 is 2.43 bits per heavy atom. The Bertz CT molecular complexity index is 568. The van der Waals surface area contributed by atoms with Crippen LogP contribution in [-0.2, 0) is 20.9 Å². The van der Waals surface area contributed by atoms with Gasteiger partial charge in [0.2, 0.25) is 0 Å². The Hall–Kier alpha value is -2.55. The van der Waals surface area contributed by atoms with Crippen LogP contribution in [0.25, 0.3) is 0 Å². The summed E-state index contributed by atoms with van der Waals surface area (Å²) in [5.41, 5.74) is 0.849. The zero-order chi connectivity index (χ0) is 17.3. The summed E-state index contributed by atoms with van der Waals surface area (Å²) in [5.74, 6) is -0.333. The van der Waals surface area contributed by atoms with Crippen LogP contribution < -0.4 is 5.32 Å². The number of hydrogen-bond donors (Lipinski definition) is 1. The van der Waals surface area contributed by atoms with Gasteiger partial charge in [0.25, 0.3) is 0 Å². The molecule has 0 aliphatic heterocycles. The highest BCUT2D eigenvalue weighted by molar-refractivity contribution is 5.70. The maximum absolute atomic E-state index is 11.6. The molecule has 0 aromatic heterocycles. The molecule has 1 aromatic rings. The number of carbonyl (C=O) groups is 2. The number of nitriles is 1. The Labute approximate surface area is 136 Å². The number of carbonyl (C=O) groups excluding carboxylic acids is 2. The lowest BCUT2D eigenvalue weighted by atomic mass is 10.2. The Balaban J connectivity index is 2.17. The molecule has 1 rings (SSSR count). The fourth-order valence-corrected chi connectivity index (χ4v) is 1.65. The van der Waals surface area contributed by atoms with Gasteiger partial charge in [-0.05, 0) is 44.9 Å². The third-order valence-corrected chi connectivity index (χ3v) is 2.71. The number of nitrogens with zero attached hydrogens (tertiary/aromatic N) is 1.